The van der Waals surface area contributed by atoms with Crippen molar-refractivity contribution in [2.45, 2.75) is 0 Å². The van der Waals surface area contributed by atoms with Gasteiger partial charge in [-0.15, -0.1) is 0 Å². The molecule has 148 valence electrons. The highest BCUT2D eigenvalue weighted by Crippen LogP contribution is 2.34. The Balaban J connectivity index is 1.52. The standard InChI is InChI=1S/C24H15FN6/c25-16-4-1-3-14(7-16)17-5-2-6-20-18(17)8-22(29-20)24-19-9-21(15-10-26-13-27-11-15)28-12-23(19)30-31-24/h1-13,29H,(H,30,31). The Labute approximate surface area is 175 Å². The van der Waals surface area contributed by atoms with Crippen LogP contribution in [0.1, 0.15) is 0 Å². The van der Waals surface area contributed by atoms with Crippen molar-refractivity contribution < 1.29 is 4.39 Å². The maximum Gasteiger partial charge on any atom is 0.123 e. The van der Waals surface area contributed by atoms with Crippen LogP contribution in [0, 0.1) is 5.82 Å². The molecule has 0 unspecified atom stereocenters. The second-order valence-electron chi connectivity index (χ2n) is 7.27. The molecule has 7 heteroatoms. The average molecular weight is 406 g/mol. The van der Waals surface area contributed by atoms with Crippen LogP contribution in [0.5, 0.6) is 0 Å². The SMILES string of the molecule is Fc1cccc(-c2cccc3[nH]c(-c4n[nH]c5cnc(-c6cncnc6)cc45)cc23)c1. The Morgan fingerprint density at radius 2 is 1.65 bits per heavy atom. The predicted molar refractivity (Wildman–Crippen MR) is 118 cm³/mol. The van der Waals surface area contributed by atoms with E-state index in [1.807, 2.05) is 30.3 Å². The summed E-state index contributed by atoms with van der Waals surface area (Å²) in [7, 11) is 0. The minimum absolute atomic E-state index is 0.256. The van der Waals surface area contributed by atoms with Gasteiger partial charge in [-0.25, -0.2) is 14.4 Å². The highest BCUT2D eigenvalue weighted by Gasteiger charge is 2.15. The number of nitrogens with zero attached hydrogens (tertiary/aromatic N) is 4. The molecule has 6 rings (SSSR count). The Kier molecular flexibility index (Phi) is 3.86. The third-order valence-electron chi connectivity index (χ3n) is 5.36. The second kappa shape index (κ2) is 6.84. The van der Waals surface area contributed by atoms with E-state index in [9.17, 15) is 4.39 Å². The molecule has 0 radical (unpaired) electrons. The van der Waals surface area contributed by atoms with Crippen LogP contribution < -0.4 is 0 Å². The van der Waals surface area contributed by atoms with Crippen molar-refractivity contribution in [1.82, 2.24) is 30.1 Å². The van der Waals surface area contributed by atoms with Crippen molar-refractivity contribution in [2.75, 3.05) is 0 Å². The van der Waals surface area contributed by atoms with Crippen molar-refractivity contribution in [1.29, 1.82) is 0 Å². The van der Waals surface area contributed by atoms with Crippen LogP contribution in [0.4, 0.5) is 4.39 Å². The molecule has 0 atom stereocenters. The van der Waals surface area contributed by atoms with Crippen molar-refractivity contribution in [3.05, 3.63) is 85.3 Å². The van der Waals surface area contributed by atoms with Crippen LogP contribution in [0.25, 0.3) is 55.6 Å². The van der Waals surface area contributed by atoms with Gasteiger partial charge in [-0.05, 0) is 41.5 Å². The molecule has 2 aromatic carbocycles. The first-order chi connectivity index (χ1) is 15.3. The van der Waals surface area contributed by atoms with Gasteiger partial charge in [0.15, 0.2) is 0 Å². The van der Waals surface area contributed by atoms with Gasteiger partial charge >= 0.3 is 0 Å². The van der Waals surface area contributed by atoms with E-state index in [0.717, 1.165) is 55.6 Å². The summed E-state index contributed by atoms with van der Waals surface area (Å²) in [4.78, 5) is 16.1. The summed E-state index contributed by atoms with van der Waals surface area (Å²) in [5, 5.41) is 9.52. The zero-order valence-corrected chi connectivity index (χ0v) is 16.2. The predicted octanol–water partition coefficient (Wildman–Crippen LogP) is 5.37. The number of hydrogen-bond acceptors (Lipinski definition) is 4. The van der Waals surface area contributed by atoms with Crippen LogP contribution in [-0.2, 0) is 0 Å². The van der Waals surface area contributed by atoms with Gasteiger partial charge in [-0.2, -0.15) is 5.10 Å². The molecule has 0 aliphatic rings. The van der Waals surface area contributed by atoms with E-state index in [2.05, 4.69) is 36.2 Å². The molecule has 0 amide bonds. The quantitative estimate of drug-likeness (QED) is 0.414. The zero-order chi connectivity index (χ0) is 20.8. The molecule has 0 saturated heterocycles. The average Bonchev–Trinajstić information content (AvgIpc) is 3.43. The number of hydrogen-bond donors (Lipinski definition) is 2. The summed E-state index contributed by atoms with van der Waals surface area (Å²) < 4.78 is 13.8. The first-order valence-corrected chi connectivity index (χ1v) is 9.74. The number of halogens is 1. The molecular weight excluding hydrogens is 391 g/mol. The molecule has 31 heavy (non-hydrogen) atoms. The number of H-pyrrole nitrogens is 2. The largest absolute Gasteiger partial charge is 0.353 e. The van der Waals surface area contributed by atoms with E-state index >= 15 is 0 Å². The summed E-state index contributed by atoms with van der Waals surface area (Å²) in [5.74, 6) is -0.256. The second-order valence-corrected chi connectivity index (χ2v) is 7.27. The van der Waals surface area contributed by atoms with Crippen LogP contribution in [-0.4, -0.2) is 30.1 Å². The van der Waals surface area contributed by atoms with Crippen molar-refractivity contribution in [3.8, 4) is 33.8 Å². The molecule has 0 bridgehead atoms. The van der Waals surface area contributed by atoms with E-state index in [-0.39, 0.29) is 5.82 Å². The Hall–Kier alpha value is -4.39. The smallest absolute Gasteiger partial charge is 0.123 e. The van der Waals surface area contributed by atoms with Crippen LogP contribution in [0.3, 0.4) is 0 Å². The summed E-state index contributed by atoms with van der Waals surface area (Å²) in [6, 6.07) is 16.6. The highest BCUT2D eigenvalue weighted by atomic mass is 19.1. The van der Waals surface area contributed by atoms with Gasteiger partial charge in [0.1, 0.15) is 17.8 Å². The Morgan fingerprint density at radius 1 is 0.774 bits per heavy atom. The van der Waals surface area contributed by atoms with E-state index in [1.165, 1.54) is 12.4 Å². The van der Waals surface area contributed by atoms with Gasteiger partial charge in [0, 0.05) is 34.2 Å². The lowest BCUT2D eigenvalue weighted by molar-refractivity contribution is 0.628. The number of fused-ring (bicyclic) bond motifs is 2. The number of nitrogens with one attached hydrogen (secondary N) is 2. The molecule has 6 nitrogen and oxygen atoms in total. The van der Waals surface area contributed by atoms with E-state index in [0.29, 0.717) is 0 Å². The number of benzene rings is 2. The maximum absolute atomic E-state index is 13.8. The minimum Gasteiger partial charge on any atom is -0.353 e. The summed E-state index contributed by atoms with van der Waals surface area (Å²) in [6.45, 7) is 0. The van der Waals surface area contributed by atoms with E-state index in [4.69, 9.17) is 0 Å². The van der Waals surface area contributed by atoms with Gasteiger partial charge in [0.25, 0.3) is 0 Å². The maximum atomic E-state index is 13.8. The molecule has 0 fully saturated rings. The van der Waals surface area contributed by atoms with E-state index in [1.54, 1.807) is 30.7 Å². The lowest BCUT2D eigenvalue weighted by atomic mass is 10.0. The topological polar surface area (TPSA) is 83.1 Å². The Morgan fingerprint density at radius 3 is 2.52 bits per heavy atom. The molecule has 0 saturated carbocycles. The lowest BCUT2D eigenvalue weighted by Gasteiger charge is -2.03. The Bertz CT molecular complexity index is 1550. The van der Waals surface area contributed by atoms with Crippen LogP contribution in [0.15, 0.2) is 79.5 Å². The zero-order valence-electron chi connectivity index (χ0n) is 16.2. The normalized spacial score (nSPS) is 11.4. The fourth-order valence-corrected chi connectivity index (χ4v) is 3.90. The molecule has 0 aliphatic heterocycles. The molecule has 6 aromatic rings. The third kappa shape index (κ3) is 2.95. The number of aromatic amines is 2. The minimum atomic E-state index is -0.256. The highest BCUT2D eigenvalue weighted by molar-refractivity contribution is 6.01. The third-order valence-corrected chi connectivity index (χ3v) is 5.36. The van der Waals surface area contributed by atoms with Crippen LogP contribution in [0.2, 0.25) is 0 Å². The van der Waals surface area contributed by atoms with Crippen molar-refractivity contribution in [3.63, 3.8) is 0 Å². The molecule has 2 N–H and O–H groups in total. The summed E-state index contributed by atoms with van der Waals surface area (Å²) in [6.07, 6.45) is 6.71. The first-order valence-electron chi connectivity index (χ1n) is 9.74. The van der Waals surface area contributed by atoms with Gasteiger partial charge in [0.2, 0.25) is 0 Å². The van der Waals surface area contributed by atoms with Crippen molar-refractivity contribution in [2.24, 2.45) is 0 Å². The fourth-order valence-electron chi connectivity index (χ4n) is 3.90. The molecular formula is C24H15FN6. The van der Waals surface area contributed by atoms with Crippen molar-refractivity contribution >= 4 is 21.8 Å². The lowest BCUT2D eigenvalue weighted by Crippen LogP contribution is -1.86. The van der Waals surface area contributed by atoms with Gasteiger partial charge < -0.3 is 4.98 Å². The fraction of sp³-hybridized carbons (Fsp3) is 0. The number of pyridine rings is 1. The molecule has 4 aromatic heterocycles. The van der Waals surface area contributed by atoms with Gasteiger partial charge in [0.05, 0.1) is 23.1 Å². The van der Waals surface area contributed by atoms with Gasteiger partial charge in [-0.1, -0.05) is 24.3 Å². The first kappa shape index (κ1) is 17.5. The monoisotopic (exact) mass is 406 g/mol. The molecule has 4 heterocycles. The van der Waals surface area contributed by atoms with Crippen LogP contribution >= 0.6 is 0 Å². The number of aromatic nitrogens is 6. The summed E-state index contributed by atoms with van der Waals surface area (Å²) in [5.41, 5.74) is 6.84. The molecule has 0 aliphatic carbocycles. The molecule has 0 spiro atoms. The van der Waals surface area contributed by atoms with E-state index < -0.39 is 0 Å². The number of rotatable bonds is 3. The summed E-state index contributed by atoms with van der Waals surface area (Å²) >= 11 is 0. The van der Waals surface area contributed by atoms with Gasteiger partial charge in [-0.3, -0.25) is 10.1 Å².